The first-order valence-electron chi connectivity index (χ1n) is 4.44. The number of rotatable bonds is 4. The van der Waals surface area contributed by atoms with Crippen LogP contribution in [0.5, 0.6) is 0 Å². The lowest BCUT2D eigenvalue weighted by atomic mass is 10.1. The van der Waals surface area contributed by atoms with Gasteiger partial charge in [-0.1, -0.05) is 19.1 Å². The molecule has 74 valence electrons. The number of benzene rings is 1. The molecule has 0 unspecified atom stereocenters. The molecule has 0 spiro atoms. The molecule has 0 aliphatic carbocycles. The molecular formula is C11H11FO2. The number of carbonyl (C=O) groups excluding carboxylic acids is 2. The standard InChI is InChI=1S/C11H11FO2/c1-2-10(13)7-11(14)8-4-3-5-9(12)6-8/h3-6H,2,7H2,1H3. The fourth-order valence-corrected chi connectivity index (χ4v) is 1.07. The summed E-state index contributed by atoms with van der Waals surface area (Å²) in [5.74, 6) is -0.907. The van der Waals surface area contributed by atoms with Crippen LogP contribution < -0.4 is 0 Å². The molecule has 14 heavy (non-hydrogen) atoms. The first-order valence-corrected chi connectivity index (χ1v) is 4.44. The Bertz CT molecular complexity index is 358. The van der Waals surface area contributed by atoms with Crippen LogP contribution in [-0.2, 0) is 4.79 Å². The Labute approximate surface area is 81.7 Å². The third-order valence-corrected chi connectivity index (χ3v) is 1.90. The number of Topliss-reactive ketones (excluding diaryl/α,β-unsaturated/α-hetero) is 2. The second-order valence-electron chi connectivity index (χ2n) is 3.00. The quantitative estimate of drug-likeness (QED) is 0.544. The van der Waals surface area contributed by atoms with E-state index >= 15 is 0 Å². The van der Waals surface area contributed by atoms with E-state index in [1.165, 1.54) is 18.2 Å². The fraction of sp³-hybridized carbons (Fsp3) is 0.273. The van der Waals surface area contributed by atoms with Crippen molar-refractivity contribution in [1.82, 2.24) is 0 Å². The zero-order valence-corrected chi connectivity index (χ0v) is 7.92. The van der Waals surface area contributed by atoms with Crippen molar-refractivity contribution in [2.75, 3.05) is 0 Å². The minimum absolute atomic E-state index is 0.126. The number of hydrogen-bond donors (Lipinski definition) is 0. The zero-order chi connectivity index (χ0) is 10.6. The number of ketones is 2. The summed E-state index contributed by atoms with van der Waals surface area (Å²) < 4.78 is 12.7. The summed E-state index contributed by atoms with van der Waals surface area (Å²) in [6, 6.07) is 5.37. The Balaban J connectivity index is 2.75. The van der Waals surface area contributed by atoms with Gasteiger partial charge in [-0.05, 0) is 12.1 Å². The zero-order valence-electron chi connectivity index (χ0n) is 7.92. The van der Waals surface area contributed by atoms with Crippen molar-refractivity contribution in [3.63, 3.8) is 0 Å². The van der Waals surface area contributed by atoms with Gasteiger partial charge in [0.1, 0.15) is 11.6 Å². The topological polar surface area (TPSA) is 34.1 Å². The normalized spacial score (nSPS) is 9.86. The van der Waals surface area contributed by atoms with Gasteiger partial charge in [0.15, 0.2) is 5.78 Å². The van der Waals surface area contributed by atoms with E-state index in [1.807, 2.05) is 0 Å². The predicted molar refractivity (Wildman–Crippen MR) is 50.6 cm³/mol. The van der Waals surface area contributed by atoms with E-state index in [2.05, 4.69) is 0 Å². The maximum absolute atomic E-state index is 12.7. The lowest BCUT2D eigenvalue weighted by Gasteiger charge is -1.98. The van der Waals surface area contributed by atoms with Gasteiger partial charge >= 0.3 is 0 Å². The average molecular weight is 194 g/mol. The maximum Gasteiger partial charge on any atom is 0.170 e. The molecule has 0 radical (unpaired) electrons. The first-order chi connectivity index (χ1) is 6.63. The minimum Gasteiger partial charge on any atom is -0.299 e. The molecule has 0 heterocycles. The molecule has 0 N–H and O–H groups in total. The van der Waals surface area contributed by atoms with Gasteiger partial charge in [-0.15, -0.1) is 0 Å². The summed E-state index contributed by atoms with van der Waals surface area (Å²) in [7, 11) is 0. The Morgan fingerprint density at radius 2 is 2.07 bits per heavy atom. The van der Waals surface area contributed by atoms with Crippen LogP contribution in [0.2, 0.25) is 0 Å². The third kappa shape index (κ3) is 2.76. The summed E-state index contributed by atoms with van der Waals surface area (Å²) in [5.41, 5.74) is 0.256. The number of hydrogen-bond acceptors (Lipinski definition) is 2. The van der Waals surface area contributed by atoms with Crippen molar-refractivity contribution in [1.29, 1.82) is 0 Å². The van der Waals surface area contributed by atoms with Crippen LogP contribution in [0.25, 0.3) is 0 Å². The second kappa shape index (κ2) is 4.65. The smallest absolute Gasteiger partial charge is 0.170 e. The molecular weight excluding hydrogens is 183 g/mol. The average Bonchev–Trinajstić information content (AvgIpc) is 2.17. The Morgan fingerprint density at radius 3 is 2.64 bits per heavy atom. The van der Waals surface area contributed by atoms with Gasteiger partial charge in [-0.25, -0.2) is 4.39 Å². The predicted octanol–water partition coefficient (Wildman–Crippen LogP) is 2.38. The van der Waals surface area contributed by atoms with Gasteiger partial charge in [0, 0.05) is 12.0 Å². The van der Waals surface area contributed by atoms with Crippen LogP contribution in [-0.4, -0.2) is 11.6 Å². The first kappa shape index (κ1) is 10.6. The van der Waals surface area contributed by atoms with Crippen LogP contribution in [0.4, 0.5) is 4.39 Å². The molecule has 0 atom stereocenters. The monoisotopic (exact) mass is 194 g/mol. The van der Waals surface area contributed by atoms with Gasteiger partial charge < -0.3 is 0 Å². The molecule has 0 saturated carbocycles. The van der Waals surface area contributed by atoms with Crippen molar-refractivity contribution in [2.24, 2.45) is 0 Å². The summed E-state index contributed by atoms with van der Waals surface area (Å²) in [6.45, 7) is 1.70. The second-order valence-corrected chi connectivity index (χ2v) is 3.00. The lowest BCUT2D eigenvalue weighted by Crippen LogP contribution is -2.07. The van der Waals surface area contributed by atoms with Crippen LogP contribution in [0.1, 0.15) is 30.1 Å². The highest BCUT2D eigenvalue weighted by molar-refractivity contribution is 6.07. The van der Waals surface area contributed by atoms with Crippen molar-refractivity contribution >= 4 is 11.6 Å². The van der Waals surface area contributed by atoms with E-state index in [0.717, 1.165) is 6.07 Å². The van der Waals surface area contributed by atoms with E-state index in [9.17, 15) is 14.0 Å². The summed E-state index contributed by atoms with van der Waals surface area (Å²) >= 11 is 0. The van der Waals surface area contributed by atoms with E-state index in [0.29, 0.717) is 6.42 Å². The highest BCUT2D eigenvalue weighted by Crippen LogP contribution is 2.07. The molecule has 0 aliphatic heterocycles. The Kier molecular flexibility index (Phi) is 3.51. The van der Waals surface area contributed by atoms with Crippen LogP contribution in [0.15, 0.2) is 24.3 Å². The summed E-state index contributed by atoms with van der Waals surface area (Å²) in [6.07, 6.45) is 0.195. The molecule has 3 heteroatoms. The fourth-order valence-electron chi connectivity index (χ4n) is 1.07. The van der Waals surface area contributed by atoms with Gasteiger partial charge in [0.05, 0.1) is 6.42 Å². The maximum atomic E-state index is 12.7. The van der Waals surface area contributed by atoms with Crippen LogP contribution in [0, 0.1) is 5.82 Å². The number of carbonyl (C=O) groups is 2. The van der Waals surface area contributed by atoms with Crippen molar-refractivity contribution in [2.45, 2.75) is 19.8 Å². The third-order valence-electron chi connectivity index (χ3n) is 1.90. The van der Waals surface area contributed by atoms with Gasteiger partial charge in [0.25, 0.3) is 0 Å². The molecule has 1 aromatic rings. The van der Waals surface area contributed by atoms with Gasteiger partial charge in [-0.3, -0.25) is 9.59 Å². The molecule has 2 nitrogen and oxygen atoms in total. The molecule has 0 amide bonds. The SMILES string of the molecule is CCC(=O)CC(=O)c1cccc(F)c1. The highest BCUT2D eigenvalue weighted by Gasteiger charge is 2.10. The Hall–Kier alpha value is -1.51. The highest BCUT2D eigenvalue weighted by atomic mass is 19.1. The molecule has 0 saturated heterocycles. The van der Waals surface area contributed by atoms with Crippen molar-refractivity contribution < 1.29 is 14.0 Å². The lowest BCUT2D eigenvalue weighted by molar-refractivity contribution is -0.117. The van der Waals surface area contributed by atoms with E-state index in [1.54, 1.807) is 6.92 Å². The molecule has 0 aromatic heterocycles. The Morgan fingerprint density at radius 1 is 1.36 bits per heavy atom. The van der Waals surface area contributed by atoms with Crippen LogP contribution >= 0.6 is 0 Å². The van der Waals surface area contributed by atoms with Crippen molar-refractivity contribution in [3.8, 4) is 0 Å². The van der Waals surface area contributed by atoms with Gasteiger partial charge in [0.2, 0.25) is 0 Å². The molecule has 0 fully saturated rings. The largest absolute Gasteiger partial charge is 0.299 e. The molecule has 0 bridgehead atoms. The summed E-state index contributed by atoms with van der Waals surface area (Å²) in [4.78, 5) is 22.3. The number of halogens is 1. The van der Waals surface area contributed by atoms with E-state index in [-0.39, 0.29) is 23.6 Å². The minimum atomic E-state index is -0.459. The molecule has 0 aliphatic rings. The van der Waals surface area contributed by atoms with E-state index in [4.69, 9.17) is 0 Å². The summed E-state index contributed by atoms with van der Waals surface area (Å²) in [5, 5.41) is 0. The van der Waals surface area contributed by atoms with E-state index < -0.39 is 5.82 Å². The molecule has 1 rings (SSSR count). The van der Waals surface area contributed by atoms with Crippen LogP contribution in [0.3, 0.4) is 0 Å². The molecule has 1 aromatic carbocycles. The van der Waals surface area contributed by atoms with Gasteiger partial charge in [-0.2, -0.15) is 0 Å². The van der Waals surface area contributed by atoms with Crippen molar-refractivity contribution in [3.05, 3.63) is 35.6 Å².